The smallest absolute Gasteiger partial charge is 0.0557 e. The number of benzene rings is 1. The maximum Gasteiger partial charge on any atom is 0.0557 e. The molecule has 1 fully saturated rings. The monoisotopic (exact) mass is 163 g/mol. The third-order valence-electron chi connectivity index (χ3n) is 2.32. The van der Waals surface area contributed by atoms with Gasteiger partial charge in [-0.05, 0) is 11.1 Å². The minimum Gasteiger partial charge on any atom is -0.380 e. The molecule has 1 aromatic rings. The number of hydrogen-bond acceptors (Lipinski definition) is 2. The van der Waals surface area contributed by atoms with E-state index in [0.717, 1.165) is 13.2 Å². The zero-order valence-electron chi connectivity index (χ0n) is 6.99. The average Bonchev–Trinajstić information content (AvgIpc) is 2.03. The lowest BCUT2D eigenvalue weighted by Gasteiger charge is -2.26. The van der Waals surface area contributed by atoms with Gasteiger partial charge >= 0.3 is 0 Å². The Bertz CT molecular complexity index is 251. The lowest BCUT2D eigenvalue weighted by atomic mass is 9.97. The van der Waals surface area contributed by atoms with Crippen LogP contribution in [0.1, 0.15) is 17.0 Å². The summed E-state index contributed by atoms with van der Waals surface area (Å²) in [5.41, 5.74) is 8.06. The van der Waals surface area contributed by atoms with E-state index in [2.05, 4.69) is 24.3 Å². The van der Waals surface area contributed by atoms with Gasteiger partial charge in [0.25, 0.3) is 0 Å². The SMILES string of the molecule is NCc1ccc(C2COC2)cc1. The summed E-state index contributed by atoms with van der Waals surface area (Å²) in [6.07, 6.45) is 0. The largest absolute Gasteiger partial charge is 0.380 e. The Balaban J connectivity index is 2.13. The van der Waals surface area contributed by atoms with Crippen molar-refractivity contribution in [3.05, 3.63) is 35.4 Å². The zero-order valence-corrected chi connectivity index (χ0v) is 6.99. The van der Waals surface area contributed by atoms with Gasteiger partial charge in [0.05, 0.1) is 13.2 Å². The predicted octanol–water partition coefficient (Wildman–Crippen LogP) is 1.26. The molecule has 1 saturated heterocycles. The Morgan fingerprint density at radius 1 is 1.25 bits per heavy atom. The normalized spacial score (nSPS) is 17.4. The van der Waals surface area contributed by atoms with Crippen molar-refractivity contribution in [1.29, 1.82) is 0 Å². The van der Waals surface area contributed by atoms with Crippen molar-refractivity contribution in [2.24, 2.45) is 5.73 Å². The van der Waals surface area contributed by atoms with Gasteiger partial charge in [0, 0.05) is 12.5 Å². The van der Waals surface area contributed by atoms with Crippen LogP contribution < -0.4 is 5.73 Å². The van der Waals surface area contributed by atoms with Gasteiger partial charge in [-0.2, -0.15) is 0 Å². The van der Waals surface area contributed by atoms with Crippen molar-refractivity contribution in [3.8, 4) is 0 Å². The Kier molecular flexibility index (Phi) is 2.11. The molecule has 1 heterocycles. The highest BCUT2D eigenvalue weighted by Crippen LogP contribution is 2.23. The predicted molar refractivity (Wildman–Crippen MR) is 47.9 cm³/mol. The van der Waals surface area contributed by atoms with Crippen molar-refractivity contribution in [1.82, 2.24) is 0 Å². The molecule has 0 amide bonds. The number of hydrogen-bond donors (Lipinski definition) is 1. The highest BCUT2D eigenvalue weighted by molar-refractivity contribution is 5.26. The van der Waals surface area contributed by atoms with E-state index in [-0.39, 0.29) is 0 Å². The Hall–Kier alpha value is -0.860. The van der Waals surface area contributed by atoms with E-state index in [0.29, 0.717) is 12.5 Å². The highest BCUT2D eigenvalue weighted by atomic mass is 16.5. The average molecular weight is 163 g/mol. The van der Waals surface area contributed by atoms with Crippen LogP contribution in [0.15, 0.2) is 24.3 Å². The molecule has 0 aliphatic carbocycles. The molecule has 64 valence electrons. The minimum absolute atomic E-state index is 0.622. The highest BCUT2D eigenvalue weighted by Gasteiger charge is 2.19. The lowest BCUT2D eigenvalue weighted by Crippen LogP contribution is -2.24. The van der Waals surface area contributed by atoms with Crippen LogP contribution in [0.2, 0.25) is 0 Å². The number of ether oxygens (including phenoxy) is 1. The number of nitrogens with two attached hydrogens (primary N) is 1. The molecule has 0 bridgehead atoms. The molecule has 2 rings (SSSR count). The maximum atomic E-state index is 5.50. The second kappa shape index (κ2) is 3.25. The van der Waals surface area contributed by atoms with E-state index < -0.39 is 0 Å². The van der Waals surface area contributed by atoms with E-state index in [9.17, 15) is 0 Å². The summed E-state index contributed by atoms with van der Waals surface area (Å²) in [5, 5.41) is 0. The van der Waals surface area contributed by atoms with Crippen LogP contribution in [0.3, 0.4) is 0 Å². The van der Waals surface area contributed by atoms with E-state index in [1.165, 1.54) is 11.1 Å². The molecule has 1 aromatic carbocycles. The van der Waals surface area contributed by atoms with Gasteiger partial charge in [0.2, 0.25) is 0 Å². The molecule has 0 radical (unpaired) electrons. The summed E-state index contributed by atoms with van der Waals surface area (Å²) in [6, 6.07) is 8.48. The van der Waals surface area contributed by atoms with Crippen molar-refractivity contribution >= 4 is 0 Å². The Morgan fingerprint density at radius 3 is 2.33 bits per heavy atom. The quantitative estimate of drug-likeness (QED) is 0.712. The third-order valence-corrected chi connectivity index (χ3v) is 2.32. The van der Waals surface area contributed by atoms with Gasteiger partial charge in [0.1, 0.15) is 0 Å². The molecule has 0 spiro atoms. The van der Waals surface area contributed by atoms with Gasteiger partial charge in [0.15, 0.2) is 0 Å². The van der Waals surface area contributed by atoms with Gasteiger partial charge < -0.3 is 10.5 Å². The van der Waals surface area contributed by atoms with Gasteiger partial charge in [-0.1, -0.05) is 24.3 Å². The molecule has 0 unspecified atom stereocenters. The van der Waals surface area contributed by atoms with Crippen LogP contribution >= 0.6 is 0 Å². The third kappa shape index (κ3) is 1.36. The Labute approximate surface area is 72.3 Å². The van der Waals surface area contributed by atoms with Crippen LogP contribution in [-0.2, 0) is 11.3 Å². The summed E-state index contributed by atoms with van der Waals surface area (Å²) in [5.74, 6) is 0.622. The van der Waals surface area contributed by atoms with Gasteiger partial charge in [-0.15, -0.1) is 0 Å². The fourth-order valence-corrected chi connectivity index (χ4v) is 1.35. The van der Waals surface area contributed by atoms with Crippen molar-refractivity contribution in [3.63, 3.8) is 0 Å². The summed E-state index contributed by atoms with van der Waals surface area (Å²) in [7, 11) is 0. The van der Waals surface area contributed by atoms with Crippen molar-refractivity contribution in [2.75, 3.05) is 13.2 Å². The van der Waals surface area contributed by atoms with Crippen molar-refractivity contribution in [2.45, 2.75) is 12.5 Å². The first-order valence-corrected chi connectivity index (χ1v) is 4.27. The molecule has 2 nitrogen and oxygen atoms in total. The molecule has 12 heavy (non-hydrogen) atoms. The summed E-state index contributed by atoms with van der Waals surface area (Å²) in [6.45, 7) is 2.38. The zero-order chi connectivity index (χ0) is 8.39. The minimum atomic E-state index is 0.622. The summed E-state index contributed by atoms with van der Waals surface area (Å²) >= 11 is 0. The molecule has 2 N–H and O–H groups in total. The second-order valence-corrected chi connectivity index (χ2v) is 3.18. The van der Waals surface area contributed by atoms with Crippen molar-refractivity contribution < 1.29 is 4.74 Å². The van der Waals surface area contributed by atoms with Gasteiger partial charge in [-0.3, -0.25) is 0 Å². The van der Waals surface area contributed by atoms with Gasteiger partial charge in [-0.25, -0.2) is 0 Å². The molecule has 2 heteroatoms. The molecule has 0 saturated carbocycles. The maximum absolute atomic E-state index is 5.50. The van der Waals surface area contributed by atoms with Crippen LogP contribution in [0.25, 0.3) is 0 Å². The van der Waals surface area contributed by atoms with E-state index in [1.807, 2.05) is 0 Å². The standard InChI is InChI=1S/C10H13NO/c11-5-8-1-3-9(4-2-8)10-6-12-7-10/h1-4,10H,5-7,11H2. The molecule has 1 aliphatic rings. The fraction of sp³-hybridized carbons (Fsp3) is 0.400. The summed E-state index contributed by atoms with van der Waals surface area (Å²) < 4.78 is 5.12. The lowest BCUT2D eigenvalue weighted by molar-refractivity contribution is 0.00842. The van der Waals surface area contributed by atoms with Crippen LogP contribution in [0.5, 0.6) is 0 Å². The molecule has 1 aliphatic heterocycles. The summed E-state index contributed by atoms with van der Waals surface area (Å²) in [4.78, 5) is 0. The molecule has 0 aromatic heterocycles. The topological polar surface area (TPSA) is 35.2 Å². The second-order valence-electron chi connectivity index (χ2n) is 3.18. The van der Waals surface area contributed by atoms with E-state index >= 15 is 0 Å². The van der Waals surface area contributed by atoms with E-state index in [4.69, 9.17) is 10.5 Å². The molecule has 0 atom stereocenters. The van der Waals surface area contributed by atoms with Crippen LogP contribution in [0, 0.1) is 0 Å². The first-order chi connectivity index (χ1) is 5.90. The Morgan fingerprint density at radius 2 is 1.92 bits per heavy atom. The first-order valence-electron chi connectivity index (χ1n) is 4.27. The fourth-order valence-electron chi connectivity index (χ4n) is 1.35. The van der Waals surface area contributed by atoms with E-state index in [1.54, 1.807) is 0 Å². The molecular weight excluding hydrogens is 150 g/mol. The molecular formula is C10H13NO. The van der Waals surface area contributed by atoms with Crippen LogP contribution in [0.4, 0.5) is 0 Å². The first kappa shape index (κ1) is 7.77. The number of rotatable bonds is 2. The van der Waals surface area contributed by atoms with Crippen LogP contribution in [-0.4, -0.2) is 13.2 Å².